The minimum absolute atomic E-state index is 0.0185. The molecule has 12 nitrogen and oxygen atoms in total. The molecule has 0 aliphatic carbocycles. The van der Waals surface area contributed by atoms with Crippen molar-refractivity contribution in [2.45, 2.75) is 44.8 Å². The number of aliphatic carboxylic acids is 2. The summed E-state index contributed by atoms with van der Waals surface area (Å²) in [6, 6.07) is -3.98. The molecule has 0 aromatic heterocycles. The van der Waals surface area contributed by atoms with Gasteiger partial charge in [0.05, 0.1) is 25.6 Å². The van der Waals surface area contributed by atoms with E-state index in [9.17, 15) is 29.1 Å². The van der Waals surface area contributed by atoms with E-state index in [0.717, 1.165) is 0 Å². The van der Waals surface area contributed by atoms with Crippen molar-refractivity contribution in [2.75, 3.05) is 13.2 Å². The lowest BCUT2D eigenvalue weighted by Gasteiger charge is -2.19. The molecule has 3 atom stereocenters. The molecule has 12 heteroatoms. The molecule has 8 N–H and O–H groups in total. The first-order valence-corrected chi connectivity index (χ1v) is 8.16. The summed E-state index contributed by atoms with van der Waals surface area (Å²) in [5, 5.41) is 33.3. The van der Waals surface area contributed by atoms with Gasteiger partial charge >= 0.3 is 11.9 Å². The first-order chi connectivity index (χ1) is 12.5. The second-order valence-electron chi connectivity index (χ2n) is 6.25. The Morgan fingerprint density at radius 3 is 2.00 bits per heavy atom. The van der Waals surface area contributed by atoms with Crippen LogP contribution in [0.5, 0.6) is 0 Å². The number of hydrogen-bond donors (Lipinski definition) is 7. The number of carboxylic acids is 2. The number of carbonyl (C=O) groups is 5. The summed E-state index contributed by atoms with van der Waals surface area (Å²) < 4.78 is 0. The number of aliphatic hydroxyl groups excluding tert-OH is 1. The van der Waals surface area contributed by atoms with Crippen LogP contribution in [-0.2, 0) is 24.0 Å². The first kappa shape index (κ1) is 24.3. The Hall–Kier alpha value is -2.73. The van der Waals surface area contributed by atoms with Crippen LogP contribution < -0.4 is 21.7 Å². The zero-order chi connectivity index (χ0) is 21.1. The Labute approximate surface area is 155 Å². The summed E-state index contributed by atoms with van der Waals surface area (Å²) >= 11 is 0. The number of aliphatic hydroxyl groups is 1. The molecule has 0 aromatic rings. The van der Waals surface area contributed by atoms with Crippen molar-refractivity contribution in [1.82, 2.24) is 16.0 Å². The summed E-state index contributed by atoms with van der Waals surface area (Å²) in [6.45, 7) is 2.18. The minimum Gasteiger partial charge on any atom is -0.481 e. The highest BCUT2D eigenvalue weighted by Crippen LogP contribution is 2.04. The quantitative estimate of drug-likeness (QED) is 0.181. The molecule has 0 spiro atoms. The molecule has 3 amide bonds. The van der Waals surface area contributed by atoms with Crippen molar-refractivity contribution in [3.63, 3.8) is 0 Å². The van der Waals surface area contributed by atoms with Crippen LogP contribution >= 0.6 is 0 Å². The third-order valence-electron chi connectivity index (χ3n) is 3.31. The predicted octanol–water partition coefficient (Wildman–Crippen LogP) is -3.00. The van der Waals surface area contributed by atoms with Crippen LogP contribution in [-0.4, -0.2) is 76.3 Å². The Balaban J connectivity index is 4.58. The van der Waals surface area contributed by atoms with Gasteiger partial charge in [-0.05, 0) is 12.3 Å². The van der Waals surface area contributed by atoms with Crippen molar-refractivity contribution in [3.8, 4) is 0 Å². The lowest BCUT2D eigenvalue weighted by molar-refractivity contribution is -0.142. The number of nitrogens with two attached hydrogens (primary N) is 1. The van der Waals surface area contributed by atoms with Gasteiger partial charge in [-0.1, -0.05) is 13.8 Å². The van der Waals surface area contributed by atoms with Crippen LogP contribution in [0.15, 0.2) is 0 Å². The lowest BCUT2D eigenvalue weighted by Crippen LogP contribution is -2.55. The third-order valence-corrected chi connectivity index (χ3v) is 3.31. The Morgan fingerprint density at radius 1 is 0.963 bits per heavy atom. The van der Waals surface area contributed by atoms with Gasteiger partial charge < -0.3 is 37.0 Å². The molecule has 3 unspecified atom stereocenters. The summed E-state index contributed by atoms with van der Waals surface area (Å²) in [5.74, 6) is -5.14. The molecule has 0 heterocycles. The SMILES string of the molecule is CC(C)CC(NC(=O)CNC(=O)C(CO)NC(=O)C(N)CC(=O)O)C(=O)O. The first-order valence-electron chi connectivity index (χ1n) is 8.16. The highest BCUT2D eigenvalue weighted by molar-refractivity contribution is 5.93. The monoisotopic (exact) mass is 390 g/mol. The second kappa shape index (κ2) is 11.8. The summed E-state index contributed by atoms with van der Waals surface area (Å²) in [5.41, 5.74) is 5.34. The fourth-order valence-corrected chi connectivity index (χ4v) is 1.98. The van der Waals surface area contributed by atoms with Gasteiger partial charge in [0.1, 0.15) is 12.1 Å². The molecule has 0 aromatic carbocycles. The summed E-state index contributed by atoms with van der Waals surface area (Å²) in [6.07, 6.45) is -0.466. The fraction of sp³-hybridized carbons (Fsp3) is 0.667. The van der Waals surface area contributed by atoms with Gasteiger partial charge in [-0.3, -0.25) is 19.2 Å². The van der Waals surface area contributed by atoms with Crippen LogP contribution in [0.3, 0.4) is 0 Å². The maximum absolute atomic E-state index is 11.9. The molecule has 27 heavy (non-hydrogen) atoms. The lowest BCUT2D eigenvalue weighted by atomic mass is 10.0. The largest absolute Gasteiger partial charge is 0.481 e. The van der Waals surface area contributed by atoms with E-state index in [1.165, 1.54) is 0 Å². The zero-order valence-corrected chi connectivity index (χ0v) is 15.1. The highest BCUT2D eigenvalue weighted by atomic mass is 16.4. The average molecular weight is 390 g/mol. The van der Waals surface area contributed by atoms with Gasteiger partial charge in [0.25, 0.3) is 0 Å². The van der Waals surface area contributed by atoms with Gasteiger partial charge in [0.2, 0.25) is 17.7 Å². The number of amides is 3. The number of hydrogen-bond acceptors (Lipinski definition) is 7. The number of carboxylic acid groups (broad SMARTS) is 2. The van der Waals surface area contributed by atoms with E-state index in [1.54, 1.807) is 13.8 Å². The Kier molecular flexibility index (Phi) is 10.6. The van der Waals surface area contributed by atoms with E-state index < -0.39 is 67.4 Å². The van der Waals surface area contributed by atoms with Gasteiger partial charge in [0, 0.05) is 0 Å². The molecule has 0 saturated heterocycles. The van der Waals surface area contributed by atoms with Crippen molar-refractivity contribution in [1.29, 1.82) is 0 Å². The predicted molar refractivity (Wildman–Crippen MR) is 91.3 cm³/mol. The molecule has 0 aliphatic rings. The maximum Gasteiger partial charge on any atom is 0.326 e. The molecule has 0 aliphatic heterocycles. The van der Waals surface area contributed by atoms with Crippen molar-refractivity contribution >= 4 is 29.7 Å². The molecule has 0 fully saturated rings. The maximum atomic E-state index is 11.9. The summed E-state index contributed by atoms with van der Waals surface area (Å²) in [4.78, 5) is 57.0. The van der Waals surface area contributed by atoms with Crippen LogP contribution in [0.25, 0.3) is 0 Å². The topological polar surface area (TPSA) is 208 Å². The number of nitrogens with one attached hydrogen (secondary N) is 3. The van der Waals surface area contributed by atoms with Gasteiger partial charge in [-0.15, -0.1) is 0 Å². The van der Waals surface area contributed by atoms with Gasteiger partial charge in [-0.2, -0.15) is 0 Å². The van der Waals surface area contributed by atoms with E-state index in [4.69, 9.17) is 15.9 Å². The van der Waals surface area contributed by atoms with E-state index in [-0.39, 0.29) is 12.3 Å². The molecular weight excluding hydrogens is 364 g/mol. The molecule has 0 radical (unpaired) electrons. The Morgan fingerprint density at radius 2 is 1.56 bits per heavy atom. The molecular formula is C15H26N4O8. The molecule has 0 rings (SSSR count). The van der Waals surface area contributed by atoms with E-state index in [2.05, 4.69) is 16.0 Å². The minimum atomic E-state index is -1.45. The van der Waals surface area contributed by atoms with Gasteiger partial charge in [0.15, 0.2) is 0 Å². The molecule has 0 bridgehead atoms. The van der Waals surface area contributed by atoms with Crippen molar-refractivity contribution < 1.29 is 39.3 Å². The van der Waals surface area contributed by atoms with Crippen molar-refractivity contribution in [2.24, 2.45) is 11.7 Å². The van der Waals surface area contributed by atoms with Crippen molar-refractivity contribution in [3.05, 3.63) is 0 Å². The van der Waals surface area contributed by atoms with Gasteiger partial charge in [-0.25, -0.2) is 4.79 Å². The van der Waals surface area contributed by atoms with E-state index >= 15 is 0 Å². The normalized spacial score (nSPS) is 14.0. The second-order valence-corrected chi connectivity index (χ2v) is 6.25. The highest BCUT2D eigenvalue weighted by Gasteiger charge is 2.25. The average Bonchev–Trinajstić information content (AvgIpc) is 2.55. The number of rotatable bonds is 12. The molecule has 154 valence electrons. The fourth-order valence-electron chi connectivity index (χ4n) is 1.98. The van der Waals surface area contributed by atoms with Crippen LogP contribution in [0.1, 0.15) is 26.7 Å². The summed E-state index contributed by atoms with van der Waals surface area (Å²) in [7, 11) is 0. The van der Waals surface area contributed by atoms with Crippen LogP contribution in [0, 0.1) is 5.92 Å². The van der Waals surface area contributed by atoms with E-state index in [0.29, 0.717) is 0 Å². The van der Waals surface area contributed by atoms with Crippen LogP contribution in [0.4, 0.5) is 0 Å². The smallest absolute Gasteiger partial charge is 0.326 e. The Bertz CT molecular complexity index is 566. The third kappa shape index (κ3) is 10.1. The van der Waals surface area contributed by atoms with Crippen LogP contribution in [0.2, 0.25) is 0 Å². The zero-order valence-electron chi connectivity index (χ0n) is 15.1. The standard InChI is InChI=1S/C15H26N4O8/c1-7(2)3-9(15(26)27)18-11(21)5-17-14(25)10(6-20)19-13(24)8(16)4-12(22)23/h7-10,20H,3-6,16H2,1-2H3,(H,17,25)(H,18,21)(H,19,24)(H,22,23)(H,26,27). The number of carbonyl (C=O) groups excluding carboxylic acids is 3. The van der Waals surface area contributed by atoms with E-state index in [1.807, 2.05) is 0 Å². The molecule has 0 saturated carbocycles.